The van der Waals surface area contributed by atoms with Crippen molar-refractivity contribution in [1.82, 2.24) is 0 Å². The molecule has 0 unspecified atom stereocenters. The maximum atomic E-state index is 9.20. The van der Waals surface area contributed by atoms with Crippen molar-refractivity contribution in [3.8, 4) is 6.07 Å². The molecule has 0 spiro atoms. The third-order valence-corrected chi connectivity index (χ3v) is 1.61. The van der Waals surface area contributed by atoms with Gasteiger partial charge in [-0.1, -0.05) is 41.9 Å². The van der Waals surface area contributed by atoms with E-state index in [1.807, 2.05) is 0 Å². The lowest BCUT2D eigenvalue weighted by atomic mass is 10.1. The molecule has 0 bridgehead atoms. The molecule has 1 aromatic carbocycles. The van der Waals surface area contributed by atoms with Crippen LogP contribution in [0.5, 0.6) is 0 Å². The quantitative estimate of drug-likeness (QED) is 0.510. The van der Waals surface area contributed by atoms with E-state index in [2.05, 4.69) is 0 Å². The summed E-state index contributed by atoms with van der Waals surface area (Å²) in [7, 11) is 0. The van der Waals surface area contributed by atoms with Gasteiger partial charge in [0.25, 0.3) is 5.06 Å². The number of aliphatic hydroxyl groups is 1. The Morgan fingerprint density at radius 2 is 1.91 bits per heavy atom. The van der Waals surface area contributed by atoms with E-state index < -0.39 is 5.06 Å². The molecular formula is C8H6ClNO. The van der Waals surface area contributed by atoms with Crippen LogP contribution in [0.15, 0.2) is 30.3 Å². The molecule has 0 radical (unpaired) electrons. The molecule has 1 atom stereocenters. The highest BCUT2D eigenvalue weighted by molar-refractivity contribution is 6.24. The van der Waals surface area contributed by atoms with Gasteiger partial charge >= 0.3 is 0 Å². The van der Waals surface area contributed by atoms with Gasteiger partial charge in [-0.05, 0) is 0 Å². The lowest BCUT2D eigenvalue weighted by Gasteiger charge is -2.10. The van der Waals surface area contributed by atoms with E-state index in [-0.39, 0.29) is 0 Å². The number of alkyl halides is 1. The van der Waals surface area contributed by atoms with Gasteiger partial charge in [-0.2, -0.15) is 5.26 Å². The van der Waals surface area contributed by atoms with E-state index in [1.165, 1.54) is 0 Å². The van der Waals surface area contributed by atoms with Crippen molar-refractivity contribution in [1.29, 1.82) is 5.26 Å². The van der Waals surface area contributed by atoms with Crippen LogP contribution in [0.2, 0.25) is 0 Å². The van der Waals surface area contributed by atoms with Gasteiger partial charge in [-0.15, -0.1) is 0 Å². The fraction of sp³-hybridized carbons (Fsp3) is 0.125. The average Bonchev–Trinajstić information content (AvgIpc) is 2.06. The number of halogens is 1. The molecule has 0 saturated carbocycles. The second-order valence-corrected chi connectivity index (χ2v) is 2.65. The van der Waals surface area contributed by atoms with E-state index in [1.54, 1.807) is 36.4 Å². The first kappa shape index (κ1) is 8.06. The van der Waals surface area contributed by atoms with Crippen LogP contribution in [0.3, 0.4) is 0 Å². The Hall–Kier alpha value is -1.04. The highest BCUT2D eigenvalue weighted by Crippen LogP contribution is 2.23. The summed E-state index contributed by atoms with van der Waals surface area (Å²) >= 11 is 5.44. The Morgan fingerprint density at radius 1 is 1.36 bits per heavy atom. The molecule has 0 fully saturated rings. The molecular weight excluding hydrogens is 162 g/mol. The first-order valence-corrected chi connectivity index (χ1v) is 3.42. The zero-order chi connectivity index (χ0) is 8.32. The number of benzene rings is 1. The van der Waals surface area contributed by atoms with Crippen LogP contribution in [0, 0.1) is 11.3 Å². The van der Waals surface area contributed by atoms with Crippen LogP contribution in [0.1, 0.15) is 5.56 Å². The van der Waals surface area contributed by atoms with Crippen LogP contribution in [0.25, 0.3) is 0 Å². The SMILES string of the molecule is N#C[C@](O)(Cl)c1ccccc1. The lowest BCUT2D eigenvalue weighted by molar-refractivity contribution is 0.189. The predicted octanol–water partition coefficient (Wildman–Crippen LogP) is 1.59. The Balaban J connectivity index is 3.05. The number of hydrogen-bond acceptors (Lipinski definition) is 2. The van der Waals surface area contributed by atoms with Crippen molar-refractivity contribution < 1.29 is 5.11 Å². The summed E-state index contributed by atoms with van der Waals surface area (Å²) in [6.07, 6.45) is 0. The minimum absolute atomic E-state index is 0.393. The third-order valence-electron chi connectivity index (χ3n) is 1.30. The van der Waals surface area contributed by atoms with Gasteiger partial charge in [0.1, 0.15) is 6.07 Å². The lowest BCUT2D eigenvalue weighted by Crippen LogP contribution is -2.13. The van der Waals surface area contributed by atoms with Gasteiger partial charge in [0.2, 0.25) is 0 Å². The molecule has 3 heteroatoms. The molecule has 0 aliphatic carbocycles. The fourth-order valence-electron chi connectivity index (χ4n) is 0.724. The van der Waals surface area contributed by atoms with Crippen molar-refractivity contribution in [3.63, 3.8) is 0 Å². The van der Waals surface area contributed by atoms with Crippen LogP contribution in [-0.4, -0.2) is 5.11 Å². The van der Waals surface area contributed by atoms with Crippen LogP contribution in [-0.2, 0) is 5.06 Å². The highest BCUT2D eigenvalue weighted by atomic mass is 35.5. The fourth-order valence-corrected chi connectivity index (χ4v) is 0.850. The molecule has 0 heterocycles. The van der Waals surface area contributed by atoms with Gasteiger partial charge in [-0.3, -0.25) is 0 Å². The molecule has 0 aliphatic rings. The van der Waals surface area contributed by atoms with Crippen molar-refractivity contribution in [3.05, 3.63) is 35.9 Å². The Labute approximate surface area is 69.7 Å². The van der Waals surface area contributed by atoms with E-state index in [4.69, 9.17) is 16.9 Å². The summed E-state index contributed by atoms with van der Waals surface area (Å²) in [5.41, 5.74) is 0.393. The topological polar surface area (TPSA) is 44.0 Å². The second kappa shape index (κ2) is 2.91. The minimum atomic E-state index is -1.89. The van der Waals surface area contributed by atoms with Crippen molar-refractivity contribution in [2.45, 2.75) is 5.06 Å². The highest BCUT2D eigenvalue weighted by Gasteiger charge is 2.24. The molecule has 11 heavy (non-hydrogen) atoms. The minimum Gasteiger partial charge on any atom is -0.360 e. The third kappa shape index (κ3) is 1.70. The normalized spacial score (nSPS) is 15.0. The number of nitrogens with zero attached hydrogens (tertiary/aromatic N) is 1. The Bertz CT molecular complexity index is 276. The maximum absolute atomic E-state index is 9.20. The van der Waals surface area contributed by atoms with Crippen molar-refractivity contribution in [2.75, 3.05) is 0 Å². The van der Waals surface area contributed by atoms with E-state index in [0.717, 1.165) is 0 Å². The predicted molar refractivity (Wildman–Crippen MR) is 41.8 cm³/mol. The first-order valence-electron chi connectivity index (χ1n) is 3.05. The molecule has 1 rings (SSSR count). The first-order chi connectivity index (χ1) is 5.17. The summed E-state index contributed by atoms with van der Waals surface area (Å²) in [5.74, 6) is 0. The second-order valence-electron chi connectivity index (χ2n) is 2.10. The smallest absolute Gasteiger partial charge is 0.253 e. The molecule has 1 N–H and O–H groups in total. The van der Waals surface area contributed by atoms with Gasteiger partial charge in [0.15, 0.2) is 0 Å². The molecule has 0 saturated heterocycles. The largest absolute Gasteiger partial charge is 0.360 e. The Kier molecular flexibility index (Phi) is 2.13. The zero-order valence-electron chi connectivity index (χ0n) is 5.66. The van der Waals surface area contributed by atoms with Crippen LogP contribution >= 0.6 is 11.6 Å². The molecule has 56 valence electrons. The number of nitriles is 1. The molecule has 0 aliphatic heterocycles. The van der Waals surface area contributed by atoms with Crippen molar-refractivity contribution in [2.24, 2.45) is 0 Å². The maximum Gasteiger partial charge on any atom is 0.253 e. The summed E-state index contributed by atoms with van der Waals surface area (Å²) in [5, 5.41) is 15.7. The van der Waals surface area contributed by atoms with Gasteiger partial charge in [0.05, 0.1) is 0 Å². The number of hydrogen-bond donors (Lipinski definition) is 1. The van der Waals surface area contributed by atoms with Crippen LogP contribution < -0.4 is 0 Å². The standard InChI is InChI=1S/C8H6ClNO/c9-8(11,6-10)7-4-2-1-3-5-7/h1-5,11H/t8-/m1/s1. The van der Waals surface area contributed by atoms with Gasteiger partial charge in [-0.25, -0.2) is 0 Å². The molecule has 1 aromatic rings. The van der Waals surface area contributed by atoms with E-state index in [9.17, 15) is 5.11 Å². The number of rotatable bonds is 1. The summed E-state index contributed by atoms with van der Waals surface area (Å²) in [6, 6.07) is 9.97. The van der Waals surface area contributed by atoms with E-state index >= 15 is 0 Å². The van der Waals surface area contributed by atoms with E-state index in [0.29, 0.717) is 5.56 Å². The Morgan fingerprint density at radius 3 is 2.36 bits per heavy atom. The average molecular weight is 168 g/mol. The van der Waals surface area contributed by atoms with Gasteiger partial charge in [0, 0.05) is 5.56 Å². The molecule has 2 nitrogen and oxygen atoms in total. The monoisotopic (exact) mass is 167 g/mol. The van der Waals surface area contributed by atoms with Crippen LogP contribution in [0.4, 0.5) is 0 Å². The zero-order valence-corrected chi connectivity index (χ0v) is 6.42. The summed E-state index contributed by atoms with van der Waals surface area (Å²) < 4.78 is 0. The summed E-state index contributed by atoms with van der Waals surface area (Å²) in [4.78, 5) is 0. The molecule has 0 amide bonds. The van der Waals surface area contributed by atoms with Crippen molar-refractivity contribution >= 4 is 11.6 Å². The van der Waals surface area contributed by atoms with Gasteiger partial charge < -0.3 is 5.11 Å². The summed E-state index contributed by atoms with van der Waals surface area (Å²) in [6.45, 7) is 0. The molecule has 0 aromatic heterocycles.